The van der Waals surface area contributed by atoms with Gasteiger partial charge in [0.25, 0.3) is 5.91 Å². The number of ether oxygens (including phenoxy) is 2. The van der Waals surface area contributed by atoms with Gasteiger partial charge in [-0.15, -0.1) is 0 Å². The van der Waals surface area contributed by atoms with Crippen molar-refractivity contribution in [2.45, 2.75) is 6.54 Å². The maximum absolute atomic E-state index is 12.3. The summed E-state index contributed by atoms with van der Waals surface area (Å²) in [6, 6.07) is 15.5. The second-order valence-electron chi connectivity index (χ2n) is 6.89. The number of hydrogen-bond donors (Lipinski definition) is 0. The van der Waals surface area contributed by atoms with Gasteiger partial charge >= 0.3 is 0 Å². The lowest BCUT2D eigenvalue weighted by molar-refractivity contribution is -0.121. The monoisotopic (exact) mass is 392 g/mol. The van der Waals surface area contributed by atoms with E-state index >= 15 is 0 Å². The van der Waals surface area contributed by atoms with Gasteiger partial charge in [0.05, 0.1) is 18.9 Å². The van der Waals surface area contributed by atoms with E-state index < -0.39 is 0 Å². The first-order valence-corrected chi connectivity index (χ1v) is 9.56. The van der Waals surface area contributed by atoms with Gasteiger partial charge in [0.1, 0.15) is 12.3 Å². The summed E-state index contributed by atoms with van der Waals surface area (Å²) in [5.41, 5.74) is 2.72. The number of fused-ring (bicyclic) bond motifs is 1. The van der Waals surface area contributed by atoms with Crippen LogP contribution in [0.2, 0.25) is 0 Å². The fourth-order valence-corrected chi connectivity index (χ4v) is 3.54. The lowest BCUT2D eigenvalue weighted by atomic mass is 10.2. The van der Waals surface area contributed by atoms with E-state index in [1.54, 1.807) is 4.90 Å². The third kappa shape index (κ3) is 3.54. The minimum Gasteiger partial charge on any atom is -0.482 e. The second-order valence-corrected chi connectivity index (χ2v) is 6.89. The highest BCUT2D eigenvalue weighted by Gasteiger charge is 2.27. The van der Waals surface area contributed by atoms with Gasteiger partial charge in [-0.25, -0.2) is 0 Å². The van der Waals surface area contributed by atoms with Crippen molar-refractivity contribution < 1.29 is 18.8 Å². The van der Waals surface area contributed by atoms with E-state index in [-0.39, 0.29) is 19.1 Å². The molecule has 8 heteroatoms. The van der Waals surface area contributed by atoms with Crippen LogP contribution in [0.15, 0.2) is 53.1 Å². The van der Waals surface area contributed by atoms with E-state index in [0.29, 0.717) is 23.2 Å². The van der Waals surface area contributed by atoms with Crippen LogP contribution in [0.3, 0.4) is 0 Å². The van der Waals surface area contributed by atoms with Crippen LogP contribution >= 0.6 is 0 Å². The minimum absolute atomic E-state index is 0.00100. The Morgan fingerprint density at radius 2 is 1.79 bits per heavy atom. The Bertz CT molecular complexity index is 1010. The molecule has 2 aromatic carbocycles. The first kappa shape index (κ1) is 17.7. The standard InChI is InChI=1S/C21H20N4O4/c26-20-14-28-18-4-2-1-3-17(18)25(20)13-19-22-21(23-29-19)15-5-7-16(8-6-15)24-9-11-27-12-10-24/h1-8H,9-14H2. The first-order chi connectivity index (χ1) is 14.3. The van der Waals surface area contributed by atoms with Crippen molar-refractivity contribution in [3.8, 4) is 17.1 Å². The van der Waals surface area contributed by atoms with Crippen LogP contribution in [0.25, 0.3) is 11.4 Å². The van der Waals surface area contributed by atoms with E-state index in [9.17, 15) is 4.79 Å². The molecule has 0 radical (unpaired) electrons. The van der Waals surface area contributed by atoms with Gasteiger partial charge in [-0.2, -0.15) is 4.98 Å². The molecule has 0 saturated carbocycles. The Kier molecular flexibility index (Phi) is 4.61. The highest BCUT2D eigenvalue weighted by Crippen LogP contribution is 2.32. The predicted octanol–water partition coefficient (Wildman–Crippen LogP) is 2.50. The zero-order chi connectivity index (χ0) is 19.6. The average Bonchev–Trinajstić information content (AvgIpc) is 3.25. The fourth-order valence-electron chi connectivity index (χ4n) is 3.54. The van der Waals surface area contributed by atoms with Crippen LogP contribution in [0, 0.1) is 0 Å². The highest BCUT2D eigenvalue weighted by atomic mass is 16.5. The molecule has 3 heterocycles. The zero-order valence-electron chi connectivity index (χ0n) is 15.8. The minimum atomic E-state index is -0.140. The number of nitrogens with zero attached hydrogens (tertiary/aromatic N) is 4. The van der Waals surface area contributed by atoms with Crippen LogP contribution < -0.4 is 14.5 Å². The molecule has 1 amide bonds. The molecular formula is C21H20N4O4. The summed E-state index contributed by atoms with van der Waals surface area (Å²) in [5, 5.41) is 4.09. The largest absolute Gasteiger partial charge is 0.482 e. The van der Waals surface area contributed by atoms with E-state index in [2.05, 4.69) is 27.2 Å². The number of carbonyl (C=O) groups is 1. The Balaban J connectivity index is 1.33. The number of anilines is 2. The highest BCUT2D eigenvalue weighted by molar-refractivity contribution is 5.97. The third-order valence-corrected chi connectivity index (χ3v) is 5.07. The average molecular weight is 392 g/mol. The van der Waals surface area contributed by atoms with Crippen molar-refractivity contribution >= 4 is 17.3 Å². The number of morpholine rings is 1. The molecule has 3 aromatic rings. The van der Waals surface area contributed by atoms with Crippen molar-refractivity contribution in [2.24, 2.45) is 0 Å². The molecule has 0 atom stereocenters. The van der Waals surface area contributed by atoms with Crippen LogP contribution in [0.4, 0.5) is 11.4 Å². The molecule has 2 aliphatic rings. The van der Waals surface area contributed by atoms with Crippen molar-refractivity contribution in [1.82, 2.24) is 10.1 Å². The Labute approximate surface area is 167 Å². The molecule has 5 rings (SSSR count). The van der Waals surface area contributed by atoms with Crippen LogP contribution in [0.1, 0.15) is 5.89 Å². The Morgan fingerprint density at radius 1 is 1.00 bits per heavy atom. The zero-order valence-corrected chi connectivity index (χ0v) is 15.8. The molecule has 0 N–H and O–H groups in total. The Morgan fingerprint density at radius 3 is 2.62 bits per heavy atom. The lowest BCUT2D eigenvalue weighted by Crippen LogP contribution is -2.38. The second kappa shape index (κ2) is 7.56. The van der Waals surface area contributed by atoms with E-state index in [0.717, 1.165) is 37.6 Å². The third-order valence-electron chi connectivity index (χ3n) is 5.07. The maximum Gasteiger partial charge on any atom is 0.265 e. The summed E-state index contributed by atoms with van der Waals surface area (Å²) in [4.78, 5) is 20.7. The molecule has 2 aliphatic heterocycles. The molecule has 1 saturated heterocycles. The van der Waals surface area contributed by atoms with E-state index in [4.69, 9.17) is 14.0 Å². The van der Waals surface area contributed by atoms with E-state index in [1.165, 1.54) is 0 Å². The normalized spacial score (nSPS) is 16.5. The van der Waals surface area contributed by atoms with Crippen molar-refractivity contribution in [1.29, 1.82) is 0 Å². The first-order valence-electron chi connectivity index (χ1n) is 9.56. The summed E-state index contributed by atoms with van der Waals surface area (Å²) in [5.74, 6) is 1.41. The fraction of sp³-hybridized carbons (Fsp3) is 0.286. The molecule has 0 aliphatic carbocycles. The van der Waals surface area contributed by atoms with Crippen LogP contribution in [-0.4, -0.2) is 49.0 Å². The van der Waals surface area contributed by atoms with Crippen LogP contribution in [-0.2, 0) is 16.1 Å². The molecule has 29 heavy (non-hydrogen) atoms. The van der Waals surface area contributed by atoms with Gasteiger partial charge in [0, 0.05) is 24.3 Å². The number of benzene rings is 2. The summed E-state index contributed by atoms with van der Waals surface area (Å²) >= 11 is 0. The molecule has 1 aromatic heterocycles. The number of amides is 1. The summed E-state index contributed by atoms with van der Waals surface area (Å²) in [6.07, 6.45) is 0. The molecule has 0 unspecified atom stereocenters. The van der Waals surface area contributed by atoms with Gasteiger partial charge in [0.15, 0.2) is 6.61 Å². The van der Waals surface area contributed by atoms with Crippen molar-refractivity contribution in [3.63, 3.8) is 0 Å². The summed E-state index contributed by atoms with van der Waals surface area (Å²) in [7, 11) is 0. The number of carbonyl (C=O) groups excluding carboxylic acids is 1. The number of aromatic nitrogens is 2. The Hall–Kier alpha value is -3.39. The number of hydrogen-bond acceptors (Lipinski definition) is 7. The van der Waals surface area contributed by atoms with Crippen LogP contribution in [0.5, 0.6) is 5.75 Å². The van der Waals surface area contributed by atoms with Gasteiger partial charge in [-0.3, -0.25) is 9.69 Å². The molecule has 0 spiro atoms. The lowest BCUT2D eigenvalue weighted by Gasteiger charge is -2.28. The molecule has 148 valence electrons. The van der Waals surface area contributed by atoms with Gasteiger partial charge in [0.2, 0.25) is 11.7 Å². The molecule has 0 bridgehead atoms. The van der Waals surface area contributed by atoms with Gasteiger partial charge in [-0.05, 0) is 36.4 Å². The quantitative estimate of drug-likeness (QED) is 0.675. The van der Waals surface area contributed by atoms with Crippen molar-refractivity contribution in [3.05, 3.63) is 54.4 Å². The van der Waals surface area contributed by atoms with Gasteiger partial charge in [-0.1, -0.05) is 17.3 Å². The maximum atomic E-state index is 12.3. The predicted molar refractivity (Wildman–Crippen MR) is 106 cm³/mol. The smallest absolute Gasteiger partial charge is 0.265 e. The summed E-state index contributed by atoms with van der Waals surface area (Å²) < 4.78 is 16.3. The van der Waals surface area contributed by atoms with Gasteiger partial charge < -0.3 is 18.9 Å². The number of rotatable bonds is 4. The molecule has 8 nitrogen and oxygen atoms in total. The van der Waals surface area contributed by atoms with E-state index in [1.807, 2.05) is 36.4 Å². The summed E-state index contributed by atoms with van der Waals surface area (Å²) in [6.45, 7) is 3.49. The molecule has 1 fully saturated rings. The topological polar surface area (TPSA) is 80.9 Å². The van der Waals surface area contributed by atoms with Crippen molar-refractivity contribution in [2.75, 3.05) is 42.7 Å². The number of para-hydroxylation sites is 2. The SMILES string of the molecule is O=C1COc2ccccc2N1Cc1nc(-c2ccc(N3CCOCC3)cc2)no1. The molecular weight excluding hydrogens is 372 g/mol.